The van der Waals surface area contributed by atoms with Gasteiger partial charge in [-0.3, -0.25) is 9.20 Å². The molecule has 1 fully saturated rings. The van der Waals surface area contributed by atoms with Gasteiger partial charge in [0.15, 0.2) is 11.5 Å². The molecule has 3 heterocycles. The van der Waals surface area contributed by atoms with Crippen LogP contribution in [0.3, 0.4) is 0 Å². The van der Waals surface area contributed by atoms with E-state index < -0.39 is 10.0 Å². The molecular formula is C18H19N5O3S. The van der Waals surface area contributed by atoms with Gasteiger partial charge < -0.3 is 5.32 Å². The first kappa shape index (κ1) is 17.6. The standard InChI is InChI=1S/C18H19N5O3S/c24-18(19-13-17-21-20-16-5-1-2-12-23(16)17)14-6-8-15(9-7-14)27(25,26)22-10-3-4-11-22/h1-2,5-9,12H,3-4,10-11,13H2,(H,19,24). The highest BCUT2D eigenvalue weighted by molar-refractivity contribution is 7.89. The summed E-state index contributed by atoms with van der Waals surface area (Å²) in [6, 6.07) is 11.6. The molecule has 1 aromatic carbocycles. The molecule has 0 bridgehead atoms. The third kappa shape index (κ3) is 3.43. The maximum Gasteiger partial charge on any atom is 0.251 e. The summed E-state index contributed by atoms with van der Waals surface area (Å²) in [5, 5.41) is 10.9. The highest BCUT2D eigenvalue weighted by Gasteiger charge is 2.27. The summed E-state index contributed by atoms with van der Waals surface area (Å²) in [4.78, 5) is 12.6. The van der Waals surface area contributed by atoms with Crippen molar-refractivity contribution in [3.8, 4) is 0 Å². The normalized spacial score (nSPS) is 15.3. The topological polar surface area (TPSA) is 96.7 Å². The lowest BCUT2D eigenvalue weighted by Crippen LogP contribution is -2.28. The van der Waals surface area contributed by atoms with Gasteiger partial charge in [0.1, 0.15) is 0 Å². The lowest BCUT2D eigenvalue weighted by atomic mass is 10.2. The molecule has 1 saturated heterocycles. The number of benzene rings is 1. The fourth-order valence-corrected chi connectivity index (χ4v) is 4.65. The van der Waals surface area contributed by atoms with Gasteiger partial charge in [-0.05, 0) is 49.2 Å². The van der Waals surface area contributed by atoms with Gasteiger partial charge in [-0.2, -0.15) is 4.31 Å². The van der Waals surface area contributed by atoms with Gasteiger partial charge >= 0.3 is 0 Å². The number of hydrogen-bond acceptors (Lipinski definition) is 5. The van der Waals surface area contributed by atoms with Crippen LogP contribution in [0.1, 0.15) is 29.0 Å². The minimum absolute atomic E-state index is 0.212. The number of rotatable bonds is 5. The van der Waals surface area contributed by atoms with Crippen molar-refractivity contribution >= 4 is 21.6 Å². The summed E-state index contributed by atoms with van der Waals surface area (Å²) in [6.07, 6.45) is 3.60. The number of aromatic nitrogens is 3. The molecule has 0 spiro atoms. The molecule has 8 nitrogen and oxygen atoms in total. The molecule has 0 atom stereocenters. The maximum atomic E-state index is 12.5. The Hall–Kier alpha value is -2.78. The molecule has 140 valence electrons. The van der Waals surface area contributed by atoms with Gasteiger partial charge in [0.2, 0.25) is 10.0 Å². The van der Waals surface area contributed by atoms with Gasteiger partial charge in [-0.15, -0.1) is 10.2 Å². The van der Waals surface area contributed by atoms with Crippen molar-refractivity contribution in [1.82, 2.24) is 24.2 Å². The predicted molar refractivity (Wildman–Crippen MR) is 98.6 cm³/mol. The van der Waals surface area contributed by atoms with Crippen LogP contribution in [0.5, 0.6) is 0 Å². The number of nitrogens with zero attached hydrogens (tertiary/aromatic N) is 4. The number of hydrogen-bond donors (Lipinski definition) is 1. The molecule has 0 unspecified atom stereocenters. The Morgan fingerprint density at radius 2 is 1.78 bits per heavy atom. The van der Waals surface area contributed by atoms with Crippen LogP contribution in [0.4, 0.5) is 0 Å². The number of pyridine rings is 1. The minimum Gasteiger partial charge on any atom is -0.345 e. The first-order valence-electron chi connectivity index (χ1n) is 8.73. The van der Waals surface area contributed by atoms with E-state index in [9.17, 15) is 13.2 Å². The van der Waals surface area contributed by atoms with Crippen molar-refractivity contribution in [2.45, 2.75) is 24.3 Å². The van der Waals surface area contributed by atoms with Crippen molar-refractivity contribution < 1.29 is 13.2 Å². The van der Waals surface area contributed by atoms with E-state index >= 15 is 0 Å². The fraction of sp³-hybridized carbons (Fsp3) is 0.278. The molecule has 2 aromatic heterocycles. The Balaban J connectivity index is 1.45. The number of carbonyl (C=O) groups is 1. The van der Waals surface area contributed by atoms with Crippen molar-refractivity contribution in [2.24, 2.45) is 0 Å². The number of sulfonamides is 1. The monoisotopic (exact) mass is 385 g/mol. The molecule has 3 aromatic rings. The lowest BCUT2D eigenvalue weighted by Gasteiger charge is -2.15. The maximum absolute atomic E-state index is 12.5. The number of carbonyl (C=O) groups excluding carboxylic acids is 1. The van der Waals surface area contributed by atoms with Crippen LogP contribution in [-0.4, -0.2) is 46.3 Å². The highest BCUT2D eigenvalue weighted by atomic mass is 32.2. The molecule has 0 aliphatic carbocycles. The Morgan fingerprint density at radius 3 is 2.52 bits per heavy atom. The number of amides is 1. The summed E-state index contributed by atoms with van der Waals surface area (Å²) in [5.41, 5.74) is 1.10. The lowest BCUT2D eigenvalue weighted by molar-refractivity contribution is 0.0949. The Bertz CT molecular complexity index is 1070. The number of fused-ring (bicyclic) bond motifs is 1. The predicted octanol–water partition coefficient (Wildman–Crippen LogP) is 1.44. The van der Waals surface area contributed by atoms with Gasteiger partial charge in [0.25, 0.3) is 5.91 Å². The smallest absolute Gasteiger partial charge is 0.251 e. The fourth-order valence-electron chi connectivity index (χ4n) is 3.13. The summed E-state index contributed by atoms with van der Waals surface area (Å²) < 4.78 is 28.3. The highest BCUT2D eigenvalue weighted by Crippen LogP contribution is 2.21. The Morgan fingerprint density at radius 1 is 1.04 bits per heavy atom. The molecule has 0 radical (unpaired) electrons. The van der Waals surface area contributed by atoms with E-state index in [2.05, 4.69) is 15.5 Å². The van der Waals surface area contributed by atoms with Crippen LogP contribution in [0.15, 0.2) is 53.6 Å². The average molecular weight is 385 g/mol. The molecule has 0 saturated carbocycles. The van der Waals surface area contributed by atoms with Crippen LogP contribution in [0.25, 0.3) is 5.65 Å². The van der Waals surface area contributed by atoms with Crippen LogP contribution < -0.4 is 5.32 Å². The van der Waals surface area contributed by atoms with E-state index in [1.807, 2.05) is 24.4 Å². The zero-order valence-corrected chi connectivity index (χ0v) is 15.4. The zero-order valence-electron chi connectivity index (χ0n) is 14.6. The van der Waals surface area contributed by atoms with Crippen LogP contribution in [0.2, 0.25) is 0 Å². The summed E-state index contributed by atoms with van der Waals surface area (Å²) in [6.45, 7) is 1.32. The first-order valence-corrected chi connectivity index (χ1v) is 10.2. The van der Waals surface area contributed by atoms with E-state index in [-0.39, 0.29) is 17.3 Å². The van der Waals surface area contributed by atoms with Crippen molar-refractivity contribution in [3.63, 3.8) is 0 Å². The van der Waals surface area contributed by atoms with Crippen molar-refractivity contribution in [3.05, 3.63) is 60.0 Å². The third-order valence-electron chi connectivity index (χ3n) is 4.61. The van der Waals surface area contributed by atoms with Gasteiger partial charge in [0, 0.05) is 24.8 Å². The zero-order chi connectivity index (χ0) is 18.9. The second-order valence-corrected chi connectivity index (χ2v) is 8.30. The first-order chi connectivity index (χ1) is 13.1. The Labute approximate surface area is 156 Å². The number of nitrogens with one attached hydrogen (secondary N) is 1. The molecule has 1 N–H and O–H groups in total. The second kappa shape index (κ2) is 7.09. The molecule has 9 heteroatoms. The van der Waals surface area contributed by atoms with E-state index in [0.29, 0.717) is 30.1 Å². The van der Waals surface area contributed by atoms with Crippen LogP contribution >= 0.6 is 0 Å². The van der Waals surface area contributed by atoms with Gasteiger partial charge in [-0.1, -0.05) is 6.07 Å². The Kier molecular flexibility index (Phi) is 4.63. The quantitative estimate of drug-likeness (QED) is 0.717. The van der Waals surface area contributed by atoms with E-state index in [1.54, 1.807) is 4.40 Å². The molecule has 4 rings (SSSR count). The van der Waals surface area contributed by atoms with E-state index in [1.165, 1.54) is 28.6 Å². The van der Waals surface area contributed by atoms with Crippen LogP contribution in [0, 0.1) is 0 Å². The molecule has 1 aliphatic heterocycles. The van der Waals surface area contributed by atoms with Crippen molar-refractivity contribution in [1.29, 1.82) is 0 Å². The summed E-state index contributed by atoms with van der Waals surface area (Å²) in [7, 11) is -3.47. The van der Waals surface area contributed by atoms with Gasteiger partial charge in [-0.25, -0.2) is 8.42 Å². The summed E-state index contributed by atoms with van der Waals surface area (Å²) in [5.74, 6) is 0.319. The average Bonchev–Trinajstić information content (AvgIpc) is 3.37. The molecule has 1 aliphatic rings. The molecule has 1 amide bonds. The second-order valence-electron chi connectivity index (χ2n) is 6.36. The van der Waals surface area contributed by atoms with E-state index in [0.717, 1.165) is 12.8 Å². The summed E-state index contributed by atoms with van der Waals surface area (Å²) >= 11 is 0. The van der Waals surface area contributed by atoms with Crippen LogP contribution in [-0.2, 0) is 16.6 Å². The van der Waals surface area contributed by atoms with Gasteiger partial charge in [0.05, 0.1) is 11.4 Å². The molecular weight excluding hydrogens is 366 g/mol. The van der Waals surface area contributed by atoms with Crippen molar-refractivity contribution in [2.75, 3.05) is 13.1 Å². The SMILES string of the molecule is O=C(NCc1nnc2ccccn12)c1ccc(S(=O)(=O)N2CCCC2)cc1. The largest absolute Gasteiger partial charge is 0.345 e. The third-order valence-corrected chi connectivity index (χ3v) is 6.52. The molecule has 27 heavy (non-hydrogen) atoms. The minimum atomic E-state index is -3.47. The van der Waals surface area contributed by atoms with E-state index in [4.69, 9.17) is 0 Å².